The van der Waals surface area contributed by atoms with E-state index >= 15 is 0 Å². The molecule has 0 aliphatic heterocycles. The molecule has 0 radical (unpaired) electrons. The molecule has 3 nitrogen and oxygen atoms in total. The third kappa shape index (κ3) is 3.67. The third-order valence-electron chi connectivity index (χ3n) is 3.22. The molecule has 0 atom stereocenters. The Morgan fingerprint density at radius 1 is 1.14 bits per heavy atom. The normalized spacial score (nSPS) is 11.5. The zero-order valence-electron chi connectivity index (χ0n) is 12.5. The average molecular weight is 357 g/mol. The van der Waals surface area contributed by atoms with Crippen molar-refractivity contribution in [3.63, 3.8) is 0 Å². The number of nitrogens with one attached hydrogen (secondary N) is 1. The van der Waals surface area contributed by atoms with Crippen molar-refractivity contribution in [2.24, 2.45) is 5.10 Å². The molecule has 0 aliphatic rings. The fraction of sp³-hybridized carbons (Fsp3) is 0.188. The van der Waals surface area contributed by atoms with Crippen molar-refractivity contribution in [2.75, 3.05) is 24.4 Å². The van der Waals surface area contributed by atoms with Crippen LogP contribution < -0.4 is 10.3 Å². The summed E-state index contributed by atoms with van der Waals surface area (Å²) in [5.41, 5.74) is 3.43. The molecule has 0 spiro atoms. The molecular weight excluding hydrogens is 341 g/mol. The van der Waals surface area contributed by atoms with Gasteiger partial charge in [0.2, 0.25) is 0 Å². The minimum Gasteiger partial charge on any atom is -0.388 e. The fourth-order valence-electron chi connectivity index (χ4n) is 2.11. The van der Waals surface area contributed by atoms with Crippen LogP contribution in [0.3, 0.4) is 0 Å². The monoisotopic (exact) mass is 355 g/mol. The minimum absolute atomic E-state index is 0.475. The molecule has 0 fully saturated rings. The number of hydrazone groups is 1. The van der Waals surface area contributed by atoms with Crippen LogP contribution in [0.25, 0.3) is 0 Å². The molecular formula is C16H16Cl3N3. The maximum absolute atomic E-state index is 6.23. The predicted molar refractivity (Wildman–Crippen MR) is 98.1 cm³/mol. The van der Waals surface area contributed by atoms with Gasteiger partial charge in [0.1, 0.15) is 0 Å². The summed E-state index contributed by atoms with van der Waals surface area (Å²) in [4.78, 5) is 0. The fourth-order valence-corrected chi connectivity index (χ4v) is 2.70. The van der Waals surface area contributed by atoms with Gasteiger partial charge in [-0.05, 0) is 37.3 Å². The highest BCUT2D eigenvalue weighted by Gasteiger charge is 2.11. The van der Waals surface area contributed by atoms with Crippen LogP contribution in [0.15, 0.2) is 41.5 Å². The lowest BCUT2D eigenvalue weighted by atomic mass is 10.1. The number of halogens is 3. The molecule has 6 heteroatoms. The van der Waals surface area contributed by atoms with Crippen LogP contribution in [-0.2, 0) is 0 Å². The van der Waals surface area contributed by atoms with Crippen LogP contribution in [0.4, 0.5) is 11.4 Å². The second-order valence-corrected chi connectivity index (χ2v) is 5.94. The van der Waals surface area contributed by atoms with Gasteiger partial charge in [0.15, 0.2) is 0 Å². The Balaban J connectivity index is 2.40. The quantitative estimate of drug-likeness (QED) is 0.574. The van der Waals surface area contributed by atoms with Gasteiger partial charge < -0.3 is 5.32 Å². The molecule has 0 unspecified atom stereocenters. The van der Waals surface area contributed by atoms with E-state index in [4.69, 9.17) is 34.8 Å². The largest absolute Gasteiger partial charge is 0.388 e. The van der Waals surface area contributed by atoms with Crippen LogP contribution in [0, 0.1) is 0 Å². The summed E-state index contributed by atoms with van der Waals surface area (Å²) in [5.74, 6) is 0. The highest BCUT2D eigenvalue weighted by molar-refractivity contribution is 6.43. The van der Waals surface area contributed by atoms with Gasteiger partial charge in [-0.25, -0.2) is 0 Å². The van der Waals surface area contributed by atoms with Crippen LogP contribution in [0.5, 0.6) is 0 Å². The number of rotatable bonds is 4. The first kappa shape index (κ1) is 16.9. The maximum Gasteiger partial charge on any atom is 0.0844 e. The molecule has 116 valence electrons. The summed E-state index contributed by atoms with van der Waals surface area (Å²) in [6, 6.07) is 11.1. The summed E-state index contributed by atoms with van der Waals surface area (Å²) < 4.78 is 0. The average Bonchev–Trinajstić information content (AvgIpc) is 2.49. The van der Waals surface area contributed by atoms with Crippen molar-refractivity contribution in [3.8, 4) is 0 Å². The van der Waals surface area contributed by atoms with Gasteiger partial charge in [-0.2, -0.15) is 5.10 Å². The Hall–Kier alpha value is -1.42. The second-order valence-electron chi connectivity index (χ2n) is 4.72. The third-order valence-corrected chi connectivity index (χ3v) is 4.26. The zero-order valence-corrected chi connectivity index (χ0v) is 14.8. The number of hydrogen-bond donors (Lipinski definition) is 1. The Morgan fingerprint density at radius 2 is 1.86 bits per heavy atom. The van der Waals surface area contributed by atoms with E-state index in [0.717, 1.165) is 22.6 Å². The molecule has 0 aromatic heterocycles. The van der Waals surface area contributed by atoms with E-state index in [0.29, 0.717) is 15.1 Å². The lowest BCUT2D eigenvalue weighted by Crippen LogP contribution is -2.13. The standard InChI is InChI=1S/C16H16Cl3N3/c1-10(12-9-11(17)7-8-14(12)20-2)21-22(3)15-6-4-5-13(18)16(15)19/h4-9,20H,1-3H3/b21-10+. The van der Waals surface area contributed by atoms with Gasteiger partial charge >= 0.3 is 0 Å². The zero-order chi connectivity index (χ0) is 16.3. The summed E-state index contributed by atoms with van der Waals surface area (Å²) >= 11 is 18.4. The number of anilines is 2. The molecule has 0 amide bonds. The van der Waals surface area contributed by atoms with E-state index in [1.807, 2.05) is 51.4 Å². The number of benzene rings is 2. The molecule has 0 bridgehead atoms. The van der Waals surface area contributed by atoms with E-state index in [1.54, 1.807) is 11.1 Å². The van der Waals surface area contributed by atoms with Gasteiger partial charge in [0, 0.05) is 30.4 Å². The van der Waals surface area contributed by atoms with Crippen LogP contribution >= 0.6 is 34.8 Å². The van der Waals surface area contributed by atoms with Gasteiger partial charge in [0.25, 0.3) is 0 Å². The van der Waals surface area contributed by atoms with Crippen molar-refractivity contribution in [3.05, 3.63) is 57.0 Å². The van der Waals surface area contributed by atoms with Crippen molar-refractivity contribution in [2.45, 2.75) is 6.92 Å². The smallest absolute Gasteiger partial charge is 0.0844 e. The second kappa shape index (κ2) is 7.23. The summed E-state index contributed by atoms with van der Waals surface area (Å²) in [5, 5.41) is 11.0. The lowest BCUT2D eigenvalue weighted by Gasteiger charge is -2.18. The Kier molecular flexibility index (Phi) is 5.57. The molecule has 0 heterocycles. The minimum atomic E-state index is 0.475. The van der Waals surface area contributed by atoms with Gasteiger partial charge in [-0.15, -0.1) is 0 Å². The number of nitrogens with zero attached hydrogens (tertiary/aromatic N) is 2. The topological polar surface area (TPSA) is 27.6 Å². The van der Waals surface area contributed by atoms with Crippen LogP contribution in [0.1, 0.15) is 12.5 Å². The molecule has 2 rings (SSSR count). The van der Waals surface area contributed by atoms with E-state index in [1.165, 1.54) is 0 Å². The Bertz CT molecular complexity index is 714. The van der Waals surface area contributed by atoms with Gasteiger partial charge in [-0.1, -0.05) is 40.9 Å². The predicted octanol–water partition coefficient (Wildman–Crippen LogP) is 5.55. The summed E-state index contributed by atoms with van der Waals surface area (Å²) in [6.07, 6.45) is 0. The van der Waals surface area contributed by atoms with Crippen molar-refractivity contribution in [1.29, 1.82) is 0 Å². The van der Waals surface area contributed by atoms with Gasteiger partial charge in [0.05, 0.1) is 21.4 Å². The first-order chi connectivity index (χ1) is 10.4. The molecule has 0 saturated heterocycles. The highest BCUT2D eigenvalue weighted by atomic mass is 35.5. The Morgan fingerprint density at radius 3 is 2.55 bits per heavy atom. The van der Waals surface area contributed by atoms with E-state index in [9.17, 15) is 0 Å². The maximum atomic E-state index is 6.23. The summed E-state index contributed by atoms with van der Waals surface area (Å²) in [7, 11) is 3.68. The SMILES string of the molecule is CNc1ccc(Cl)cc1/C(C)=N/N(C)c1cccc(Cl)c1Cl. The van der Waals surface area contributed by atoms with E-state index < -0.39 is 0 Å². The van der Waals surface area contributed by atoms with Crippen molar-refractivity contribution >= 4 is 51.9 Å². The highest BCUT2D eigenvalue weighted by Crippen LogP contribution is 2.32. The molecule has 2 aromatic rings. The lowest BCUT2D eigenvalue weighted by molar-refractivity contribution is 1.01. The molecule has 0 saturated carbocycles. The first-order valence-electron chi connectivity index (χ1n) is 6.64. The van der Waals surface area contributed by atoms with Crippen molar-refractivity contribution < 1.29 is 0 Å². The molecule has 22 heavy (non-hydrogen) atoms. The van der Waals surface area contributed by atoms with Crippen molar-refractivity contribution in [1.82, 2.24) is 0 Å². The van der Waals surface area contributed by atoms with Crippen LogP contribution in [-0.4, -0.2) is 19.8 Å². The number of hydrogen-bond acceptors (Lipinski definition) is 3. The molecule has 0 aliphatic carbocycles. The van der Waals surface area contributed by atoms with Gasteiger partial charge in [-0.3, -0.25) is 5.01 Å². The molecule has 1 N–H and O–H groups in total. The molecule has 2 aromatic carbocycles. The van der Waals surface area contributed by atoms with Crippen LogP contribution in [0.2, 0.25) is 15.1 Å². The Labute approximate surface area is 145 Å². The summed E-state index contributed by atoms with van der Waals surface area (Å²) in [6.45, 7) is 1.92. The first-order valence-corrected chi connectivity index (χ1v) is 7.78. The van der Waals surface area contributed by atoms with E-state index in [-0.39, 0.29) is 0 Å². The van der Waals surface area contributed by atoms with E-state index in [2.05, 4.69) is 10.4 Å².